The first-order valence-electron chi connectivity index (χ1n) is 7.42. The van der Waals surface area contributed by atoms with Gasteiger partial charge in [-0.05, 0) is 30.6 Å². The molecule has 1 N–H and O–H groups in total. The quantitative estimate of drug-likeness (QED) is 0.802. The van der Waals surface area contributed by atoms with Gasteiger partial charge in [-0.25, -0.2) is 4.79 Å². The number of aliphatic carboxylic acids is 1. The van der Waals surface area contributed by atoms with Crippen molar-refractivity contribution >= 4 is 17.8 Å². The second-order valence-corrected chi connectivity index (χ2v) is 6.70. The van der Waals surface area contributed by atoms with E-state index in [0.717, 1.165) is 30.6 Å². The number of carbonyl (C=O) groups is 3. The van der Waals surface area contributed by atoms with Crippen LogP contribution in [0.4, 0.5) is 0 Å². The Morgan fingerprint density at radius 3 is 2.10 bits per heavy atom. The van der Waals surface area contributed by atoms with Gasteiger partial charge in [0.2, 0.25) is 11.8 Å². The third kappa shape index (κ3) is 2.86. The van der Waals surface area contributed by atoms with Crippen LogP contribution in [0, 0.1) is 11.3 Å². The highest BCUT2D eigenvalue weighted by Gasteiger charge is 2.48. The van der Waals surface area contributed by atoms with Gasteiger partial charge in [0.05, 0.1) is 0 Å². The van der Waals surface area contributed by atoms with Gasteiger partial charge in [0, 0.05) is 12.8 Å². The van der Waals surface area contributed by atoms with E-state index in [4.69, 9.17) is 0 Å². The number of carboxylic acid groups (broad SMARTS) is 1. The third-order valence-corrected chi connectivity index (χ3v) is 4.55. The summed E-state index contributed by atoms with van der Waals surface area (Å²) in [6, 6.07) is -1.01. The molecule has 1 spiro atoms. The summed E-state index contributed by atoms with van der Waals surface area (Å²) in [7, 11) is 0. The zero-order chi connectivity index (χ0) is 14.9. The van der Waals surface area contributed by atoms with Crippen LogP contribution in [0.2, 0.25) is 0 Å². The van der Waals surface area contributed by atoms with Crippen molar-refractivity contribution in [3.8, 4) is 0 Å². The first-order valence-corrected chi connectivity index (χ1v) is 7.42. The van der Waals surface area contributed by atoms with Crippen molar-refractivity contribution < 1.29 is 19.5 Å². The molecule has 0 bridgehead atoms. The maximum Gasteiger partial charge on any atom is 0.326 e. The van der Waals surface area contributed by atoms with Gasteiger partial charge < -0.3 is 5.11 Å². The molecule has 1 saturated carbocycles. The molecule has 1 atom stereocenters. The average molecular weight is 281 g/mol. The number of hydrogen-bond donors (Lipinski definition) is 1. The Kier molecular flexibility index (Phi) is 4.16. The van der Waals surface area contributed by atoms with Gasteiger partial charge in [0.15, 0.2) is 0 Å². The Hall–Kier alpha value is -1.39. The smallest absolute Gasteiger partial charge is 0.326 e. The van der Waals surface area contributed by atoms with Crippen LogP contribution in [0.5, 0.6) is 0 Å². The van der Waals surface area contributed by atoms with E-state index in [1.54, 1.807) is 0 Å². The van der Waals surface area contributed by atoms with E-state index in [1.807, 2.05) is 13.8 Å². The SMILES string of the molecule is CC(C)CC(C(=O)O)N1C(=O)CC2(CCCC2)CC1=O. The second-order valence-electron chi connectivity index (χ2n) is 6.70. The highest BCUT2D eigenvalue weighted by atomic mass is 16.4. The summed E-state index contributed by atoms with van der Waals surface area (Å²) in [5, 5.41) is 9.32. The number of rotatable bonds is 4. The molecule has 1 unspecified atom stereocenters. The van der Waals surface area contributed by atoms with Crippen LogP contribution < -0.4 is 0 Å². The van der Waals surface area contributed by atoms with Crippen molar-refractivity contribution in [1.29, 1.82) is 0 Å². The van der Waals surface area contributed by atoms with Crippen molar-refractivity contribution in [2.24, 2.45) is 11.3 Å². The standard InChI is InChI=1S/C15H23NO4/c1-10(2)7-11(14(19)20)16-12(17)8-15(9-13(16)18)5-3-4-6-15/h10-11H,3-9H2,1-2H3,(H,19,20). The lowest BCUT2D eigenvalue weighted by molar-refractivity contribution is -0.164. The molecule has 0 radical (unpaired) electrons. The van der Waals surface area contributed by atoms with E-state index in [9.17, 15) is 19.5 Å². The molecule has 2 amide bonds. The lowest BCUT2D eigenvalue weighted by Crippen LogP contribution is -2.54. The van der Waals surface area contributed by atoms with E-state index in [-0.39, 0.29) is 23.1 Å². The molecule has 2 fully saturated rings. The van der Waals surface area contributed by atoms with Crippen LogP contribution in [-0.2, 0) is 14.4 Å². The lowest BCUT2D eigenvalue weighted by atomic mass is 9.76. The minimum atomic E-state index is -1.08. The summed E-state index contributed by atoms with van der Waals surface area (Å²) in [5.41, 5.74) is -0.175. The topological polar surface area (TPSA) is 74.7 Å². The molecule has 20 heavy (non-hydrogen) atoms. The van der Waals surface area contributed by atoms with Gasteiger partial charge in [0.25, 0.3) is 0 Å². The van der Waals surface area contributed by atoms with E-state index >= 15 is 0 Å². The van der Waals surface area contributed by atoms with Crippen LogP contribution in [0.1, 0.15) is 58.8 Å². The van der Waals surface area contributed by atoms with Crippen molar-refractivity contribution in [1.82, 2.24) is 4.90 Å². The van der Waals surface area contributed by atoms with Crippen molar-refractivity contribution in [3.05, 3.63) is 0 Å². The van der Waals surface area contributed by atoms with Crippen molar-refractivity contribution in [3.63, 3.8) is 0 Å². The summed E-state index contributed by atoms with van der Waals surface area (Å²) in [5.74, 6) is -1.55. The predicted molar refractivity (Wildman–Crippen MR) is 72.9 cm³/mol. The first kappa shape index (κ1) is 15.0. The molecule has 2 aliphatic rings. The predicted octanol–water partition coefficient (Wildman–Crippen LogP) is 2.20. The molecular formula is C15H23NO4. The maximum absolute atomic E-state index is 12.3. The van der Waals surface area contributed by atoms with Crippen LogP contribution in [0.25, 0.3) is 0 Å². The summed E-state index contributed by atoms with van der Waals surface area (Å²) in [6.45, 7) is 3.79. The summed E-state index contributed by atoms with van der Waals surface area (Å²) >= 11 is 0. The Balaban J connectivity index is 2.17. The van der Waals surface area contributed by atoms with Gasteiger partial charge in [0.1, 0.15) is 6.04 Å². The number of piperidine rings is 1. The summed E-state index contributed by atoms with van der Waals surface area (Å²) in [4.78, 5) is 37.1. The number of hydrogen-bond acceptors (Lipinski definition) is 3. The number of likely N-dealkylation sites (tertiary alicyclic amines) is 1. The van der Waals surface area contributed by atoms with Crippen LogP contribution in [-0.4, -0.2) is 33.8 Å². The molecule has 1 saturated heterocycles. The Morgan fingerprint density at radius 2 is 1.70 bits per heavy atom. The number of carboxylic acids is 1. The molecule has 5 nitrogen and oxygen atoms in total. The fraction of sp³-hybridized carbons (Fsp3) is 0.800. The Morgan fingerprint density at radius 1 is 1.20 bits per heavy atom. The van der Waals surface area contributed by atoms with E-state index in [1.165, 1.54) is 0 Å². The molecule has 1 aliphatic heterocycles. The third-order valence-electron chi connectivity index (χ3n) is 4.55. The average Bonchev–Trinajstić information content (AvgIpc) is 2.74. The molecule has 0 aromatic carbocycles. The molecule has 2 rings (SSSR count). The fourth-order valence-corrected chi connectivity index (χ4v) is 3.60. The number of carbonyl (C=O) groups excluding carboxylic acids is 2. The monoisotopic (exact) mass is 281 g/mol. The molecular weight excluding hydrogens is 258 g/mol. The number of imide groups is 1. The minimum Gasteiger partial charge on any atom is -0.480 e. The maximum atomic E-state index is 12.3. The molecule has 0 aromatic rings. The summed E-state index contributed by atoms with van der Waals surface area (Å²) in [6.07, 6.45) is 4.95. The van der Waals surface area contributed by atoms with Crippen molar-refractivity contribution in [2.75, 3.05) is 0 Å². The molecule has 1 aliphatic carbocycles. The second kappa shape index (κ2) is 5.54. The van der Waals surface area contributed by atoms with Crippen LogP contribution >= 0.6 is 0 Å². The zero-order valence-corrected chi connectivity index (χ0v) is 12.2. The van der Waals surface area contributed by atoms with E-state index < -0.39 is 12.0 Å². The van der Waals surface area contributed by atoms with Crippen LogP contribution in [0.3, 0.4) is 0 Å². The van der Waals surface area contributed by atoms with Gasteiger partial charge >= 0.3 is 5.97 Å². The normalized spacial score (nSPS) is 23.6. The van der Waals surface area contributed by atoms with Gasteiger partial charge in [-0.2, -0.15) is 0 Å². The number of amides is 2. The van der Waals surface area contributed by atoms with E-state index in [2.05, 4.69) is 0 Å². The highest BCUT2D eigenvalue weighted by molar-refractivity contribution is 6.02. The Bertz CT molecular complexity index is 404. The first-order chi connectivity index (χ1) is 9.34. The fourth-order valence-electron chi connectivity index (χ4n) is 3.60. The largest absolute Gasteiger partial charge is 0.480 e. The van der Waals surface area contributed by atoms with E-state index in [0.29, 0.717) is 19.3 Å². The van der Waals surface area contributed by atoms with Gasteiger partial charge in [-0.1, -0.05) is 26.7 Å². The van der Waals surface area contributed by atoms with Crippen molar-refractivity contribution in [2.45, 2.75) is 64.8 Å². The van der Waals surface area contributed by atoms with Crippen LogP contribution in [0.15, 0.2) is 0 Å². The minimum absolute atomic E-state index is 0.124. The van der Waals surface area contributed by atoms with Gasteiger partial charge in [-0.15, -0.1) is 0 Å². The molecule has 1 heterocycles. The zero-order valence-electron chi connectivity index (χ0n) is 12.2. The molecule has 0 aromatic heterocycles. The molecule has 112 valence electrons. The lowest BCUT2D eigenvalue weighted by Gasteiger charge is -2.39. The number of nitrogens with zero attached hydrogens (tertiary/aromatic N) is 1. The molecule has 5 heteroatoms. The highest BCUT2D eigenvalue weighted by Crippen LogP contribution is 2.47. The summed E-state index contributed by atoms with van der Waals surface area (Å²) < 4.78 is 0. The Labute approximate surface area is 119 Å². The van der Waals surface area contributed by atoms with Gasteiger partial charge in [-0.3, -0.25) is 14.5 Å².